The van der Waals surface area contributed by atoms with E-state index in [4.69, 9.17) is 11.6 Å². The van der Waals surface area contributed by atoms with E-state index in [0.717, 1.165) is 11.3 Å². The number of amides is 1. The Morgan fingerprint density at radius 3 is 2.50 bits per heavy atom. The molecule has 0 radical (unpaired) electrons. The predicted octanol–water partition coefficient (Wildman–Crippen LogP) is 2.98. The molecule has 0 aromatic heterocycles. The minimum Gasteiger partial charge on any atom is -0.311 e. The first-order chi connectivity index (χ1) is 11.3. The molecule has 1 amide bonds. The number of nitrogens with one attached hydrogen (secondary N) is 1. The number of benzene rings is 2. The van der Waals surface area contributed by atoms with Crippen LogP contribution in [0.5, 0.6) is 0 Å². The molecular weight excluding hydrogens is 348 g/mol. The number of anilines is 1. The first kappa shape index (κ1) is 18.4. The van der Waals surface area contributed by atoms with Gasteiger partial charge in [0.2, 0.25) is 15.9 Å². The van der Waals surface area contributed by atoms with Gasteiger partial charge in [-0.2, -0.15) is 0 Å². The van der Waals surface area contributed by atoms with Crippen molar-refractivity contribution in [3.05, 3.63) is 59.1 Å². The van der Waals surface area contributed by atoms with Crippen LogP contribution >= 0.6 is 11.6 Å². The van der Waals surface area contributed by atoms with Crippen LogP contribution in [0, 0.1) is 6.92 Å². The molecule has 0 aliphatic rings. The maximum Gasteiger partial charge on any atom is 0.242 e. The van der Waals surface area contributed by atoms with Crippen LogP contribution in [0.2, 0.25) is 5.02 Å². The largest absolute Gasteiger partial charge is 0.311 e. The van der Waals surface area contributed by atoms with Gasteiger partial charge in [0.25, 0.3) is 0 Å². The van der Waals surface area contributed by atoms with E-state index in [-0.39, 0.29) is 28.9 Å². The summed E-state index contributed by atoms with van der Waals surface area (Å²) in [5.74, 6) is -0.155. The van der Waals surface area contributed by atoms with Gasteiger partial charge in [0, 0.05) is 25.7 Å². The second-order valence-electron chi connectivity index (χ2n) is 5.34. The number of hydrogen-bond donors (Lipinski definition) is 1. The van der Waals surface area contributed by atoms with Crippen molar-refractivity contribution in [2.45, 2.75) is 18.7 Å². The average Bonchev–Trinajstić information content (AvgIpc) is 2.51. The number of hydrogen-bond acceptors (Lipinski definition) is 3. The second-order valence-corrected chi connectivity index (χ2v) is 7.48. The van der Waals surface area contributed by atoms with Gasteiger partial charge in [-0.15, -0.1) is 0 Å². The first-order valence-corrected chi connectivity index (χ1v) is 9.26. The number of rotatable bonds is 6. The van der Waals surface area contributed by atoms with Crippen LogP contribution in [-0.4, -0.2) is 27.4 Å². The van der Waals surface area contributed by atoms with E-state index in [1.54, 1.807) is 12.1 Å². The highest BCUT2D eigenvalue weighted by Crippen LogP contribution is 2.20. The Kier molecular flexibility index (Phi) is 5.99. The van der Waals surface area contributed by atoms with Crippen LogP contribution < -0.4 is 9.62 Å². The van der Waals surface area contributed by atoms with Gasteiger partial charge in [0.15, 0.2) is 0 Å². The molecule has 7 heteroatoms. The number of sulfonamides is 1. The standard InChI is InChI=1S/C17H19ClN2O3S/c1-13-6-5-7-15(12-13)20(14(2)21)11-10-19-24(22,23)17-9-4-3-8-16(17)18/h3-9,12,19H,10-11H2,1-2H3. The Balaban J connectivity index is 2.08. The molecule has 5 nitrogen and oxygen atoms in total. The summed E-state index contributed by atoms with van der Waals surface area (Å²) in [5, 5.41) is 0.159. The molecule has 128 valence electrons. The molecule has 0 aliphatic carbocycles. The van der Waals surface area contributed by atoms with Crippen molar-refractivity contribution in [3.63, 3.8) is 0 Å². The zero-order chi connectivity index (χ0) is 17.7. The molecule has 0 saturated carbocycles. The zero-order valence-electron chi connectivity index (χ0n) is 13.5. The third kappa shape index (κ3) is 4.56. The quantitative estimate of drug-likeness (QED) is 0.854. The van der Waals surface area contributed by atoms with E-state index in [1.807, 2.05) is 31.2 Å². The van der Waals surface area contributed by atoms with E-state index in [0.29, 0.717) is 0 Å². The third-order valence-electron chi connectivity index (χ3n) is 3.45. The van der Waals surface area contributed by atoms with Crippen LogP contribution in [-0.2, 0) is 14.8 Å². The molecule has 0 aliphatic heterocycles. The monoisotopic (exact) mass is 366 g/mol. The van der Waals surface area contributed by atoms with E-state index in [1.165, 1.54) is 24.0 Å². The third-order valence-corrected chi connectivity index (χ3v) is 5.41. The molecule has 0 unspecified atom stereocenters. The zero-order valence-corrected chi connectivity index (χ0v) is 15.1. The minimum absolute atomic E-state index is 0.0246. The SMILES string of the molecule is CC(=O)N(CCNS(=O)(=O)c1ccccc1Cl)c1cccc(C)c1. The van der Waals surface area contributed by atoms with Crippen molar-refractivity contribution in [3.8, 4) is 0 Å². The smallest absolute Gasteiger partial charge is 0.242 e. The topological polar surface area (TPSA) is 66.5 Å². The molecule has 0 saturated heterocycles. The summed E-state index contributed by atoms with van der Waals surface area (Å²) < 4.78 is 27.1. The molecule has 1 N–H and O–H groups in total. The Morgan fingerprint density at radius 1 is 1.17 bits per heavy atom. The minimum atomic E-state index is -3.72. The molecule has 2 aromatic carbocycles. The fraction of sp³-hybridized carbons (Fsp3) is 0.235. The number of nitrogens with zero attached hydrogens (tertiary/aromatic N) is 1. The lowest BCUT2D eigenvalue weighted by Crippen LogP contribution is -2.37. The van der Waals surface area contributed by atoms with E-state index in [2.05, 4.69) is 4.72 Å². The van der Waals surface area contributed by atoms with Gasteiger partial charge in [-0.25, -0.2) is 13.1 Å². The molecule has 0 spiro atoms. The summed E-state index contributed by atoms with van der Waals surface area (Å²) in [7, 11) is -3.72. The first-order valence-electron chi connectivity index (χ1n) is 7.40. The summed E-state index contributed by atoms with van der Waals surface area (Å²) in [4.78, 5) is 13.4. The fourth-order valence-electron chi connectivity index (χ4n) is 2.30. The Morgan fingerprint density at radius 2 is 1.88 bits per heavy atom. The normalized spacial score (nSPS) is 11.3. The molecule has 24 heavy (non-hydrogen) atoms. The van der Waals surface area contributed by atoms with Crippen LogP contribution in [0.15, 0.2) is 53.4 Å². The molecule has 0 atom stereocenters. The van der Waals surface area contributed by atoms with Crippen molar-refractivity contribution < 1.29 is 13.2 Å². The van der Waals surface area contributed by atoms with Gasteiger partial charge < -0.3 is 4.90 Å². The summed E-state index contributed by atoms with van der Waals surface area (Å²) >= 11 is 5.93. The molecule has 2 rings (SSSR count). The summed E-state index contributed by atoms with van der Waals surface area (Å²) in [5.41, 5.74) is 1.76. The van der Waals surface area contributed by atoms with Crippen molar-refractivity contribution in [2.24, 2.45) is 0 Å². The van der Waals surface area contributed by atoms with Crippen molar-refractivity contribution >= 4 is 33.2 Å². The van der Waals surface area contributed by atoms with Crippen LogP contribution in [0.3, 0.4) is 0 Å². The molecular formula is C17H19ClN2O3S. The van der Waals surface area contributed by atoms with Gasteiger partial charge in [-0.05, 0) is 36.8 Å². The maximum absolute atomic E-state index is 12.3. The number of carbonyl (C=O) groups excluding carboxylic acids is 1. The van der Waals surface area contributed by atoms with Crippen molar-refractivity contribution in [2.75, 3.05) is 18.0 Å². The summed E-state index contributed by atoms with van der Waals surface area (Å²) in [6.07, 6.45) is 0. The highest BCUT2D eigenvalue weighted by atomic mass is 35.5. The lowest BCUT2D eigenvalue weighted by Gasteiger charge is -2.22. The van der Waals surface area contributed by atoms with Gasteiger partial charge in [0.05, 0.1) is 5.02 Å². The van der Waals surface area contributed by atoms with Crippen molar-refractivity contribution in [1.82, 2.24) is 4.72 Å². The average molecular weight is 367 g/mol. The summed E-state index contributed by atoms with van der Waals surface area (Å²) in [6, 6.07) is 13.7. The Bertz CT molecular complexity index is 837. The highest BCUT2D eigenvalue weighted by Gasteiger charge is 2.18. The van der Waals surface area contributed by atoms with Gasteiger partial charge >= 0.3 is 0 Å². The second kappa shape index (κ2) is 7.79. The lowest BCUT2D eigenvalue weighted by atomic mass is 10.2. The van der Waals surface area contributed by atoms with Crippen LogP contribution in [0.4, 0.5) is 5.69 Å². The van der Waals surface area contributed by atoms with Crippen molar-refractivity contribution in [1.29, 1.82) is 0 Å². The lowest BCUT2D eigenvalue weighted by molar-refractivity contribution is -0.116. The van der Waals surface area contributed by atoms with Gasteiger partial charge in [-0.1, -0.05) is 35.9 Å². The van der Waals surface area contributed by atoms with E-state index < -0.39 is 10.0 Å². The maximum atomic E-state index is 12.3. The fourth-order valence-corrected chi connectivity index (χ4v) is 3.83. The predicted molar refractivity (Wildman–Crippen MR) is 95.8 cm³/mol. The molecule has 0 bridgehead atoms. The Hall–Kier alpha value is -1.89. The molecule has 2 aromatic rings. The van der Waals surface area contributed by atoms with Crippen LogP contribution in [0.25, 0.3) is 0 Å². The number of aryl methyl sites for hydroxylation is 1. The number of halogens is 1. The van der Waals surface area contributed by atoms with E-state index >= 15 is 0 Å². The van der Waals surface area contributed by atoms with Gasteiger partial charge in [-0.3, -0.25) is 4.79 Å². The van der Waals surface area contributed by atoms with Crippen LogP contribution in [0.1, 0.15) is 12.5 Å². The molecule has 0 heterocycles. The number of carbonyl (C=O) groups is 1. The highest BCUT2D eigenvalue weighted by molar-refractivity contribution is 7.89. The Labute approximate surface area is 147 Å². The summed E-state index contributed by atoms with van der Waals surface area (Å²) in [6.45, 7) is 3.69. The van der Waals surface area contributed by atoms with Gasteiger partial charge in [0.1, 0.15) is 4.90 Å². The molecule has 0 fully saturated rings. The van der Waals surface area contributed by atoms with E-state index in [9.17, 15) is 13.2 Å².